The van der Waals surface area contributed by atoms with Crippen molar-refractivity contribution < 1.29 is 19.8 Å². The molecule has 90 valence electrons. The van der Waals surface area contributed by atoms with Crippen molar-refractivity contribution in [1.29, 1.82) is 0 Å². The van der Waals surface area contributed by atoms with Crippen molar-refractivity contribution in [2.45, 2.75) is 32.9 Å². The van der Waals surface area contributed by atoms with Gasteiger partial charge in [-0.05, 0) is 20.8 Å². The first-order chi connectivity index (χ1) is 7.29. The van der Waals surface area contributed by atoms with Crippen molar-refractivity contribution in [3.05, 3.63) is 12.2 Å². The van der Waals surface area contributed by atoms with E-state index in [-0.39, 0.29) is 18.6 Å². The van der Waals surface area contributed by atoms with Crippen LogP contribution in [0.15, 0.2) is 12.2 Å². The second kappa shape index (κ2) is 4.25. The van der Waals surface area contributed by atoms with E-state index in [1.54, 1.807) is 0 Å². The van der Waals surface area contributed by atoms with E-state index in [0.717, 1.165) is 0 Å². The summed E-state index contributed by atoms with van der Waals surface area (Å²) < 4.78 is 0. The van der Waals surface area contributed by atoms with Crippen molar-refractivity contribution in [3.8, 4) is 0 Å². The molecule has 0 aromatic rings. The molecule has 0 aromatic carbocycles. The summed E-state index contributed by atoms with van der Waals surface area (Å²) in [7, 11) is 0. The van der Waals surface area contributed by atoms with Crippen LogP contribution in [-0.4, -0.2) is 45.7 Å². The fourth-order valence-electron chi connectivity index (χ4n) is 1.79. The summed E-state index contributed by atoms with van der Waals surface area (Å²) in [5.41, 5.74) is -1.76. The van der Waals surface area contributed by atoms with Crippen molar-refractivity contribution in [2.75, 3.05) is 6.54 Å². The van der Waals surface area contributed by atoms with E-state index in [4.69, 9.17) is 10.2 Å². The molecule has 2 N–H and O–H groups in total. The van der Waals surface area contributed by atoms with E-state index in [2.05, 4.69) is 0 Å². The van der Waals surface area contributed by atoms with E-state index in [9.17, 15) is 9.59 Å². The molecular weight excluding hydrogens is 210 g/mol. The topological polar surface area (TPSA) is 77.8 Å². The molecule has 0 fully saturated rings. The van der Waals surface area contributed by atoms with Crippen LogP contribution in [-0.2, 0) is 9.59 Å². The molecular formula is C11H17NO4. The van der Waals surface area contributed by atoms with Gasteiger partial charge in [-0.2, -0.15) is 0 Å². The van der Waals surface area contributed by atoms with Gasteiger partial charge >= 0.3 is 11.9 Å². The minimum absolute atomic E-state index is 0.00694. The molecule has 0 saturated heterocycles. The number of rotatable bonds is 4. The Kier molecular flexibility index (Phi) is 3.38. The maximum Gasteiger partial charge on any atom is 0.322 e. The Morgan fingerprint density at radius 1 is 1.19 bits per heavy atom. The Bertz CT molecular complexity index is 311. The number of carboxylic acids is 2. The Balaban J connectivity index is 2.85. The normalized spacial score (nSPS) is 25.9. The van der Waals surface area contributed by atoms with Crippen LogP contribution in [0.5, 0.6) is 0 Å². The van der Waals surface area contributed by atoms with Crippen molar-refractivity contribution >= 4 is 11.9 Å². The second-order valence-corrected chi connectivity index (χ2v) is 4.48. The Labute approximate surface area is 94.4 Å². The van der Waals surface area contributed by atoms with Crippen LogP contribution in [0.4, 0.5) is 0 Å². The summed E-state index contributed by atoms with van der Waals surface area (Å²) in [4.78, 5) is 23.9. The van der Waals surface area contributed by atoms with Gasteiger partial charge in [0.15, 0.2) is 5.41 Å². The molecule has 0 amide bonds. The summed E-state index contributed by atoms with van der Waals surface area (Å²) in [5, 5.41) is 18.0. The summed E-state index contributed by atoms with van der Waals surface area (Å²) in [6.07, 6.45) is 3.91. The minimum atomic E-state index is -1.76. The van der Waals surface area contributed by atoms with Crippen LogP contribution >= 0.6 is 0 Å². The fourth-order valence-corrected chi connectivity index (χ4v) is 1.79. The van der Waals surface area contributed by atoms with Gasteiger partial charge in [-0.1, -0.05) is 12.2 Å². The predicted octanol–water partition coefficient (Wildman–Crippen LogP) is 0.811. The van der Waals surface area contributed by atoms with E-state index in [1.807, 2.05) is 30.9 Å². The molecule has 0 aliphatic carbocycles. The first-order valence-corrected chi connectivity index (χ1v) is 5.20. The lowest BCUT2D eigenvalue weighted by Gasteiger charge is -2.32. The number of hydrogen-bond acceptors (Lipinski definition) is 3. The van der Waals surface area contributed by atoms with E-state index in [0.29, 0.717) is 0 Å². The molecule has 2 unspecified atom stereocenters. The zero-order valence-corrected chi connectivity index (χ0v) is 9.67. The summed E-state index contributed by atoms with van der Waals surface area (Å²) in [5.74, 6) is -2.60. The lowest BCUT2D eigenvalue weighted by molar-refractivity contribution is -0.165. The molecule has 0 bridgehead atoms. The minimum Gasteiger partial charge on any atom is -0.480 e. The molecule has 16 heavy (non-hydrogen) atoms. The van der Waals surface area contributed by atoms with E-state index in [1.165, 1.54) is 6.92 Å². The second-order valence-electron chi connectivity index (χ2n) is 4.48. The van der Waals surface area contributed by atoms with Gasteiger partial charge in [-0.25, -0.2) is 0 Å². The van der Waals surface area contributed by atoms with Crippen LogP contribution in [0, 0.1) is 5.41 Å². The molecule has 1 aliphatic heterocycles. The smallest absolute Gasteiger partial charge is 0.322 e. The largest absolute Gasteiger partial charge is 0.480 e. The zero-order chi connectivity index (χ0) is 12.5. The average molecular weight is 227 g/mol. The lowest BCUT2D eigenvalue weighted by atomic mass is 9.89. The van der Waals surface area contributed by atoms with Gasteiger partial charge in [0.25, 0.3) is 0 Å². The van der Waals surface area contributed by atoms with Gasteiger partial charge in [-0.3, -0.25) is 14.5 Å². The highest BCUT2D eigenvalue weighted by molar-refractivity contribution is 5.98. The number of aliphatic carboxylic acids is 2. The van der Waals surface area contributed by atoms with Crippen molar-refractivity contribution in [1.82, 2.24) is 4.90 Å². The molecule has 5 heteroatoms. The van der Waals surface area contributed by atoms with Crippen LogP contribution in [0.1, 0.15) is 20.8 Å². The van der Waals surface area contributed by atoms with Crippen LogP contribution in [0.25, 0.3) is 0 Å². The molecule has 1 aliphatic rings. The molecule has 1 rings (SSSR count). The van der Waals surface area contributed by atoms with Crippen LogP contribution in [0.3, 0.4) is 0 Å². The first-order valence-electron chi connectivity index (χ1n) is 5.20. The number of carboxylic acid groups (broad SMARTS) is 2. The summed E-state index contributed by atoms with van der Waals surface area (Å²) in [6, 6.07) is 0.154. The van der Waals surface area contributed by atoms with Crippen LogP contribution < -0.4 is 0 Å². The highest BCUT2D eigenvalue weighted by Gasteiger charge is 2.44. The third-order valence-electron chi connectivity index (χ3n) is 3.16. The van der Waals surface area contributed by atoms with E-state index >= 15 is 0 Å². The van der Waals surface area contributed by atoms with Crippen LogP contribution in [0.2, 0.25) is 0 Å². The third kappa shape index (κ3) is 2.09. The Hall–Kier alpha value is -1.36. The number of nitrogens with zero attached hydrogens (tertiary/aromatic N) is 1. The highest BCUT2D eigenvalue weighted by Crippen LogP contribution is 2.25. The van der Waals surface area contributed by atoms with Gasteiger partial charge in [0.1, 0.15) is 0 Å². The molecule has 0 spiro atoms. The summed E-state index contributed by atoms with van der Waals surface area (Å²) in [6.45, 7) is 5.09. The van der Waals surface area contributed by atoms with Gasteiger partial charge < -0.3 is 10.2 Å². The molecule has 1 heterocycles. The third-order valence-corrected chi connectivity index (χ3v) is 3.16. The standard InChI is InChI=1S/C11H17NO4/c1-7-4-5-8(2)12(7)6-11(3,9(13)14)10(15)16/h4-5,7-8H,6H2,1-3H3,(H,13,14)(H,15,16). The Morgan fingerprint density at radius 3 is 1.88 bits per heavy atom. The molecule has 2 atom stereocenters. The number of carbonyl (C=O) groups is 2. The van der Waals surface area contributed by atoms with Crippen molar-refractivity contribution in [3.63, 3.8) is 0 Å². The predicted molar refractivity (Wildman–Crippen MR) is 58.1 cm³/mol. The number of hydrogen-bond donors (Lipinski definition) is 2. The first kappa shape index (κ1) is 12.7. The molecule has 5 nitrogen and oxygen atoms in total. The molecule has 0 aromatic heterocycles. The fraction of sp³-hybridized carbons (Fsp3) is 0.636. The van der Waals surface area contributed by atoms with Gasteiger partial charge in [0, 0.05) is 18.6 Å². The SMILES string of the molecule is CC1C=CC(C)N1CC(C)(C(=O)O)C(=O)O. The molecule has 0 saturated carbocycles. The van der Waals surface area contributed by atoms with Gasteiger partial charge in [-0.15, -0.1) is 0 Å². The molecule has 0 radical (unpaired) electrons. The average Bonchev–Trinajstić information content (AvgIpc) is 2.48. The lowest BCUT2D eigenvalue weighted by Crippen LogP contribution is -2.49. The highest BCUT2D eigenvalue weighted by atomic mass is 16.4. The van der Waals surface area contributed by atoms with Crippen molar-refractivity contribution in [2.24, 2.45) is 5.41 Å². The quantitative estimate of drug-likeness (QED) is 0.549. The summed E-state index contributed by atoms with van der Waals surface area (Å²) >= 11 is 0. The maximum atomic E-state index is 11.0. The zero-order valence-electron chi connectivity index (χ0n) is 9.67. The van der Waals surface area contributed by atoms with E-state index < -0.39 is 17.4 Å². The Morgan fingerprint density at radius 2 is 1.56 bits per heavy atom. The maximum absolute atomic E-state index is 11.0. The van der Waals surface area contributed by atoms with Gasteiger partial charge in [0.2, 0.25) is 0 Å². The monoisotopic (exact) mass is 227 g/mol. The van der Waals surface area contributed by atoms with Gasteiger partial charge in [0.05, 0.1) is 0 Å².